The highest BCUT2D eigenvalue weighted by Gasteiger charge is 2.62. The highest BCUT2D eigenvalue weighted by molar-refractivity contribution is 6.31. The molecule has 3 atom stereocenters. The summed E-state index contributed by atoms with van der Waals surface area (Å²) in [6.07, 6.45) is 0.930. The largest absolute Gasteiger partial charge is 0.274 e. The first kappa shape index (κ1) is 16.9. The number of amides is 2. The van der Waals surface area contributed by atoms with Crippen LogP contribution in [-0.2, 0) is 9.59 Å². The molecule has 2 aromatic carbocycles. The van der Waals surface area contributed by atoms with Crippen LogP contribution < -0.4 is 4.90 Å². The van der Waals surface area contributed by atoms with Gasteiger partial charge in [-0.25, -0.2) is 19.3 Å². The fraction of sp³-hybridized carbons (Fsp3) is 0.300. The number of hydrogen-bond acceptors (Lipinski definition) is 4. The molecule has 0 spiro atoms. The number of hydrazine groups is 1. The van der Waals surface area contributed by atoms with Crippen molar-refractivity contribution in [2.45, 2.75) is 18.5 Å². The van der Waals surface area contributed by atoms with Crippen molar-refractivity contribution >= 4 is 29.1 Å². The first-order chi connectivity index (χ1) is 13.1. The third-order valence-corrected chi connectivity index (χ3v) is 5.92. The summed E-state index contributed by atoms with van der Waals surface area (Å²) >= 11 is 6.06. The summed E-state index contributed by atoms with van der Waals surface area (Å²) in [7, 11) is 0. The van der Waals surface area contributed by atoms with E-state index >= 15 is 0 Å². The number of halogens is 2. The molecule has 3 aliphatic rings. The maximum Gasteiger partial charge on any atom is 0.253 e. The lowest BCUT2D eigenvalue weighted by Crippen LogP contribution is -2.44. The highest BCUT2D eigenvalue weighted by atomic mass is 35.5. The normalized spacial score (nSPS) is 28.1. The summed E-state index contributed by atoms with van der Waals surface area (Å²) in [4.78, 5) is 27.8. The Kier molecular flexibility index (Phi) is 3.82. The van der Waals surface area contributed by atoms with Crippen molar-refractivity contribution in [2.75, 3.05) is 18.0 Å². The Bertz CT molecular complexity index is 935. The number of anilines is 1. The lowest BCUT2D eigenvalue weighted by Gasteiger charge is -2.29. The molecule has 138 valence electrons. The number of carbonyl (C=O) groups is 2. The van der Waals surface area contributed by atoms with Crippen molar-refractivity contribution in [1.29, 1.82) is 0 Å². The van der Waals surface area contributed by atoms with Crippen LogP contribution in [0.25, 0.3) is 0 Å². The van der Waals surface area contributed by atoms with Crippen molar-refractivity contribution in [1.82, 2.24) is 10.0 Å². The predicted molar refractivity (Wildman–Crippen MR) is 98.4 cm³/mol. The molecular formula is C20H17ClFN3O2. The summed E-state index contributed by atoms with van der Waals surface area (Å²) in [5.41, 5.74) is 1.35. The second-order valence-corrected chi connectivity index (χ2v) is 7.57. The average molecular weight is 386 g/mol. The van der Waals surface area contributed by atoms with Gasteiger partial charge in [0.25, 0.3) is 5.91 Å². The van der Waals surface area contributed by atoms with Gasteiger partial charge in [0.1, 0.15) is 11.9 Å². The van der Waals surface area contributed by atoms with Crippen LogP contribution in [0, 0.1) is 11.7 Å². The van der Waals surface area contributed by atoms with Crippen LogP contribution in [0.3, 0.4) is 0 Å². The Hall–Kier alpha value is -2.28. The summed E-state index contributed by atoms with van der Waals surface area (Å²) in [5.74, 6) is -1.28. The Morgan fingerprint density at radius 2 is 1.63 bits per heavy atom. The Balaban J connectivity index is 1.59. The van der Waals surface area contributed by atoms with E-state index in [0.717, 1.165) is 25.1 Å². The molecule has 0 N–H and O–H groups in total. The number of fused-ring (bicyclic) bond motifs is 3. The smallest absolute Gasteiger partial charge is 0.253 e. The third-order valence-electron chi connectivity index (χ3n) is 5.68. The maximum atomic E-state index is 13.4. The molecule has 2 amide bonds. The molecule has 0 aliphatic carbocycles. The van der Waals surface area contributed by atoms with Gasteiger partial charge >= 0.3 is 0 Å². The lowest BCUT2D eigenvalue weighted by molar-refractivity contribution is -0.126. The zero-order chi connectivity index (χ0) is 18.7. The van der Waals surface area contributed by atoms with Gasteiger partial charge in [-0.05, 0) is 42.3 Å². The third kappa shape index (κ3) is 2.44. The minimum atomic E-state index is -0.519. The molecule has 27 heavy (non-hydrogen) atoms. The molecule has 3 aliphatic heterocycles. The second kappa shape index (κ2) is 6.12. The molecular weight excluding hydrogens is 369 g/mol. The molecule has 0 saturated carbocycles. The van der Waals surface area contributed by atoms with Gasteiger partial charge in [0.05, 0.1) is 17.6 Å². The molecule has 7 heteroatoms. The van der Waals surface area contributed by atoms with E-state index < -0.39 is 12.0 Å². The average Bonchev–Trinajstić information content (AvgIpc) is 3.28. The first-order valence-electron chi connectivity index (χ1n) is 8.98. The lowest BCUT2D eigenvalue weighted by atomic mass is 9.90. The monoisotopic (exact) mass is 385 g/mol. The van der Waals surface area contributed by atoms with Crippen molar-refractivity contribution in [2.24, 2.45) is 5.92 Å². The maximum absolute atomic E-state index is 13.4. The van der Waals surface area contributed by atoms with Gasteiger partial charge < -0.3 is 0 Å². The molecule has 0 aromatic heterocycles. The van der Waals surface area contributed by atoms with Gasteiger partial charge in [-0.2, -0.15) is 0 Å². The van der Waals surface area contributed by atoms with Gasteiger partial charge in [0.2, 0.25) is 5.91 Å². The zero-order valence-electron chi connectivity index (χ0n) is 14.4. The molecule has 3 saturated heterocycles. The van der Waals surface area contributed by atoms with E-state index in [0.29, 0.717) is 10.7 Å². The van der Waals surface area contributed by atoms with E-state index in [1.54, 1.807) is 36.4 Å². The van der Waals surface area contributed by atoms with E-state index in [1.807, 2.05) is 5.01 Å². The minimum absolute atomic E-state index is 0.219. The van der Waals surface area contributed by atoms with E-state index in [1.165, 1.54) is 17.0 Å². The molecule has 0 bridgehead atoms. The van der Waals surface area contributed by atoms with Crippen molar-refractivity contribution in [3.05, 3.63) is 64.9 Å². The van der Waals surface area contributed by atoms with E-state index in [-0.39, 0.29) is 23.7 Å². The Morgan fingerprint density at radius 1 is 0.926 bits per heavy atom. The van der Waals surface area contributed by atoms with Gasteiger partial charge in [-0.15, -0.1) is 0 Å². The molecule has 5 rings (SSSR count). The van der Waals surface area contributed by atoms with Crippen LogP contribution in [0.2, 0.25) is 5.02 Å². The summed E-state index contributed by atoms with van der Waals surface area (Å²) in [5, 5.41) is 4.60. The number of carbonyl (C=O) groups excluding carboxylic acids is 2. The van der Waals surface area contributed by atoms with E-state index in [4.69, 9.17) is 11.6 Å². The van der Waals surface area contributed by atoms with Crippen molar-refractivity contribution < 1.29 is 14.0 Å². The van der Waals surface area contributed by atoms with Gasteiger partial charge in [0, 0.05) is 18.1 Å². The number of hydrogen-bond donors (Lipinski definition) is 0. The molecule has 2 aromatic rings. The Labute approximate surface area is 160 Å². The van der Waals surface area contributed by atoms with Crippen LogP contribution in [-0.4, -0.2) is 41.0 Å². The molecule has 3 fully saturated rings. The van der Waals surface area contributed by atoms with Gasteiger partial charge in [-0.3, -0.25) is 9.59 Å². The van der Waals surface area contributed by atoms with E-state index in [9.17, 15) is 14.0 Å². The Morgan fingerprint density at radius 3 is 2.33 bits per heavy atom. The van der Waals surface area contributed by atoms with Gasteiger partial charge in [-0.1, -0.05) is 29.8 Å². The number of imide groups is 1. The topological polar surface area (TPSA) is 43.9 Å². The van der Waals surface area contributed by atoms with Gasteiger partial charge in [0.15, 0.2) is 0 Å². The fourth-order valence-electron chi connectivity index (χ4n) is 4.64. The number of benzene rings is 2. The molecule has 5 nitrogen and oxygen atoms in total. The first-order valence-corrected chi connectivity index (χ1v) is 9.36. The number of nitrogens with zero attached hydrogens (tertiary/aromatic N) is 3. The van der Waals surface area contributed by atoms with Crippen LogP contribution in [0.1, 0.15) is 18.0 Å². The quantitative estimate of drug-likeness (QED) is 0.745. The SMILES string of the molecule is O=C1[C@H]2[C@@H](C(=O)N1c1cccc(Cl)c1)N1CCCN1[C@H]2c1ccc(F)cc1. The number of rotatable bonds is 2. The summed E-state index contributed by atoms with van der Waals surface area (Å²) < 4.78 is 13.4. The summed E-state index contributed by atoms with van der Waals surface area (Å²) in [6.45, 7) is 1.52. The zero-order valence-corrected chi connectivity index (χ0v) is 15.1. The van der Waals surface area contributed by atoms with Crippen LogP contribution in [0.15, 0.2) is 48.5 Å². The standard InChI is InChI=1S/C20H17ClFN3O2/c21-13-3-1-4-15(11-13)25-19(26)16-17(12-5-7-14(22)8-6-12)23-9-2-10-24(23)18(16)20(25)27/h1,3-8,11,16-18H,2,9-10H2/t16-,17+,18+/m1/s1. The van der Waals surface area contributed by atoms with Crippen molar-refractivity contribution in [3.8, 4) is 0 Å². The molecule has 0 unspecified atom stereocenters. The predicted octanol–water partition coefficient (Wildman–Crippen LogP) is 3.01. The summed E-state index contributed by atoms with van der Waals surface area (Å²) in [6, 6.07) is 12.2. The minimum Gasteiger partial charge on any atom is -0.274 e. The van der Waals surface area contributed by atoms with Crippen LogP contribution >= 0.6 is 11.6 Å². The van der Waals surface area contributed by atoms with Crippen LogP contribution in [0.5, 0.6) is 0 Å². The molecule has 3 heterocycles. The fourth-order valence-corrected chi connectivity index (χ4v) is 4.83. The van der Waals surface area contributed by atoms with Crippen molar-refractivity contribution in [3.63, 3.8) is 0 Å². The highest BCUT2D eigenvalue weighted by Crippen LogP contribution is 2.48. The molecule has 0 radical (unpaired) electrons. The van der Waals surface area contributed by atoms with Crippen LogP contribution in [0.4, 0.5) is 10.1 Å². The second-order valence-electron chi connectivity index (χ2n) is 7.14. The van der Waals surface area contributed by atoms with E-state index in [2.05, 4.69) is 5.01 Å².